The molecule has 0 aliphatic rings. The number of esters is 1. The quantitative estimate of drug-likeness (QED) is 0.630. The van der Waals surface area contributed by atoms with Gasteiger partial charge in [-0.1, -0.05) is 38.1 Å². The number of carbonyl (C=O) groups is 2. The summed E-state index contributed by atoms with van der Waals surface area (Å²) in [4.78, 5) is 29.2. The van der Waals surface area contributed by atoms with Crippen molar-refractivity contribution in [3.8, 4) is 0 Å². The van der Waals surface area contributed by atoms with E-state index in [9.17, 15) is 14.7 Å². The molecule has 1 heterocycles. The van der Waals surface area contributed by atoms with Gasteiger partial charge in [0.05, 0.1) is 11.4 Å². The van der Waals surface area contributed by atoms with Crippen molar-refractivity contribution >= 4 is 34.6 Å². The number of ether oxygens (including phenoxy) is 1. The minimum absolute atomic E-state index is 0.158. The van der Waals surface area contributed by atoms with Crippen LogP contribution in [0.25, 0.3) is 10.9 Å². The molecule has 0 aliphatic heterocycles. The number of nitrogens with zero attached hydrogens (tertiary/aromatic N) is 1. The van der Waals surface area contributed by atoms with Crippen LogP contribution >= 0.6 is 11.8 Å². The molecule has 0 bridgehead atoms. The molecule has 0 radical (unpaired) electrons. The lowest BCUT2D eigenvalue weighted by atomic mass is 9.94. The van der Waals surface area contributed by atoms with E-state index in [0.29, 0.717) is 12.2 Å². The highest BCUT2D eigenvalue weighted by Crippen LogP contribution is 2.32. The van der Waals surface area contributed by atoms with Crippen LogP contribution in [0, 0.1) is 11.8 Å². The van der Waals surface area contributed by atoms with Crippen molar-refractivity contribution in [2.45, 2.75) is 57.6 Å². The Hall–Kier alpha value is -2.08. The van der Waals surface area contributed by atoms with Crippen LogP contribution in [-0.4, -0.2) is 32.9 Å². The van der Waals surface area contributed by atoms with Crippen LogP contribution in [0.3, 0.4) is 0 Å². The molecule has 2 atom stereocenters. The lowest BCUT2D eigenvalue weighted by molar-refractivity contribution is -0.159. The number of hydrogen-bond donors (Lipinski definition) is 1. The zero-order valence-electron chi connectivity index (χ0n) is 17.1. The number of fused-ring (bicyclic) bond motifs is 1. The maximum absolute atomic E-state index is 12.8. The predicted octanol–water partition coefficient (Wildman–Crippen LogP) is 4.93. The van der Waals surface area contributed by atoms with Crippen LogP contribution in [0.5, 0.6) is 0 Å². The SMILES string of the molecule is CC(C)C[C@@H](C(=O)O)[C@@H](SCc1cccc2cccnc12)C(=O)OC(C)(C)C. The molecule has 1 aromatic carbocycles. The molecule has 1 aromatic heterocycles. The third-order valence-electron chi connectivity index (χ3n) is 4.18. The Labute approximate surface area is 170 Å². The fourth-order valence-electron chi connectivity index (χ4n) is 3.03. The highest BCUT2D eigenvalue weighted by atomic mass is 32.2. The third kappa shape index (κ3) is 6.23. The Kier molecular flexibility index (Phi) is 7.47. The maximum atomic E-state index is 12.8. The molecule has 152 valence electrons. The second-order valence-electron chi connectivity index (χ2n) is 8.33. The van der Waals surface area contributed by atoms with Gasteiger partial charge in [-0.2, -0.15) is 0 Å². The van der Waals surface area contributed by atoms with Crippen molar-refractivity contribution in [1.82, 2.24) is 4.98 Å². The Morgan fingerprint density at radius 2 is 1.86 bits per heavy atom. The van der Waals surface area contributed by atoms with E-state index < -0.39 is 28.7 Å². The molecule has 1 N–H and O–H groups in total. The first kappa shape index (κ1) is 22.2. The minimum Gasteiger partial charge on any atom is -0.481 e. The number of aliphatic carboxylic acids is 1. The molecule has 2 aromatic rings. The average Bonchev–Trinajstić information content (AvgIpc) is 2.59. The molecule has 0 amide bonds. The summed E-state index contributed by atoms with van der Waals surface area (Å²) in [5.74, 6) is -1.60. The first-order valence-corrected chi connectivity index (χ1v) is 10.5. The van der Waals surface area contributed by atoms with E-state index in [1.807, 2.05) is 44.2 Å². The first-order valence-electron chi connectivity index (χ1n) is 9.48. The molecular weight excluding hydrogens is 374 g/mol. The summed E-state index contributed by atoms with van der Waals surface area (Å²) < 4.78 is 5.55. The number of pyridine rings is 1. The van der Waals surface area contributed by atoms with E-state index in [1.54, 1.807) is 27.0 Å². The van der Waals surface area contributed by atoms with E-state index in [1.165, 1.54) is 11.8 Å². The van der Waals surface area contributed by atoms with Gasteiger partial charge >= 0.3 is 11.9 Å². The van der Waals surface area contributed by atoms with Crippen LogP contribution in [-0.2, 0) is 20.1 Å². The Morgan fingerprint density at radius 3 is 2.46 bits per heavy atom. The van der Waals surface area contributed by atoms with E-state index in [-0.39, 0.29) is 5.92 Å². The van der Waals surface area contributed by atoms with E-state index in [0.717, 1.165) is 16.5 Å². The number of carboxylic acids is 1. The summed E-state index contributed by atoms with van der Waals surface area (Å²) >= 11 is 1.32. The van der Waals surface area contributed by atoms with Crippen molar-refractivity contribution < 1.29 is 19.4 Å². The van der Waals surface area contributed by atoms with Crippen molar-refractivity contribution in [3.05, 3.63) is 42.1 Å². The van der Waals surface area contributed by atoms with Gasteiger partial charge in [-0.25, -0.2) is 0 Å². The zero-order chi connectivity index (χ0) is 20.9. The Balaban J connectivity index is 2.29. The smallest absolute Gasteiger partial charge is 0.320 e. The fourth-order valence-corrected chi connectivity index (χ4v) is 4.27. The fraction of sp³-hybridized carbons (Fsp3) is 0.500. The third-order valence-corrected chi connectivity index (χ3v) is 5.54. The second-order valence-corrected chi connectivity index (χ2v) is 9.46. The number of rotatable bonds is 8. The van der Waals surface area contributed by atoms with Gasteiger partial charge in [-0.3, -0.25) is 14.6 Å². The van der Waals surface area contributed by atoms with Crippen molar-refractivity contribution in [2.75, 3.05) is 0 Å². The highest BCUT2D eigenvalue weighted by molar-refractivity contribution is 7.99. The number of thioether (sulfide) groups is 1. The van der Waals surface area contributed by atoms with Gasteiger partial charge in [-0.05, 0) is 44.7 Å². The van der Waals surface area contributed by atoms with E-state index >= 15 is 0 Å². The number of benzene rings is 1. The number of carbonyl (C=O) groups excluding carboxylic acids is 1. The van der Waals surface area contributed by atoms with Crippen molar-refractivity contribution in [1.29, 1.82) is 0 Å². The Morgan fingerprint density at radius 1 is 1.18 bits per heavy atom. The summed E-state index contributed by atoms with van der Waals surface area (Å²) in [6, 6.07) is 9.77. The molecule has 5 nitrogen and oxygen atoms in total. The monoisotopic (exact) mass is 403 g/mol. The van der Waals surface area contributed by atoms with Crippen molar-refractivity contribution in [2.24, 2.45) is 11.8 Å². The van der Waals surface area contributed by atoms with E-state index in [4.69, 9.17) is 4.74 Å². The number of para-hydroxylation sites is 1. The molecule has 2 rings (SSSR count). The van der Waals surface area contributed by atoms with Crippen LogP contribution in [0.2, 0.25) is 0 Å². The molecule has 6 heteroatoms. The lowest BCUT2D eigenvalue weighted by Crippen LogP contribution is -2.38. The van der Waals surface area contributed by atoms with Gasteiger partial charge in [0.25, 0.3) is 0 Å². The van der Waals surface area contributed by atoms with Crippen molar-refractivity contribution in [3.63, 3.8) is 0 Å². The van der Waals surface area contributed by atoms with Gasteiger partial charge < -0.3 is 9.84 Å². The molecule has 0 unspecified atom stereocenters. The molecule has 0 spiro atoms. The summed E-state index contributed by atoms with van der Waals surface area (Å²) in [5.41, 5.74) is 1.18. The van der Waals surface area contributed by atoms with Crippen LogP contribution in [0.1, 0.15) is 46.6 Å². The van der Waals surface area contributed by atoms with Gasteiger partial charge in [0, 0.05) is 17.3 Å². The minimum atomic E-state index is -0.965. The van der Waals surface area contributed by atoms with E-state index in [2.05, 4.69) is 4.98 Å². The standard InChI is InChI=1S/C22H29NO4S/c1-14(2)12-17(20(24)25)19(21(26)27-22(3,4)5)28-13-16-9-6-8-15-10-7-11-23-18(15)16/h6-11,14,17,19H,12-13H2,1-5H3,(H,24,25)/t17-,19-/m1/s1. The Bertz CT molecular complexity index is 823. The molecule has 0 saturated carbocycles. The summed E-state index contributed by atoms with van der Waals surface area (Å²) in [7, 11) is 0. The lowest BCUT2D eigenvalue weighted by Gasteiger charge is -2.28. The normalized spacial score (nSPS) is 14.1. The summed E-state index contributed by atoms with van der Waals surface area (Å²) in [5, 5.41) is 10.0. The summed E-state index contributed by atoms with van der Waals surface area (Å²) in [6.45, 7) is 9.29. The molecule has 28 heavy (non-hydrogen) atoms. The van der Waals surface area contributed by atoms with Gasteiger partial charge in [0.15, 0.2) is 0 Å². The molecule has 0 fully saturated rings. The highest BCUT2D eigenvalue weighted by Gasteiger charge is 2.37. The first-order chi connectivity index (χ1) is 13.1. The van der Waals surface area contributed by atoms with Crippen LogP contribution in [0.15, 0.2) is 36.5 Å². The number of carboxylic acid groups (broad SMARTS) is 1. The predicted molar refractivity (Wildman–Crippen MR) is 113 cm³/mol. The maximum Gasteiger partial charge on any atom is 0.320 e. The largest absolute Gasteiger partial charge is 0.481 e. The molecule has 0 aliphatic carbocycles. The second kappa shape index (κ2) is 9.41. The number of aromatic nitrogens is 1. The average molecular weight is 404 g/mol. The van der Waals surface area contributed by atoms with Crippen LogP contribution < -0.4 is 0 Å². The van der Waals surface area contributed by atoms with Gasteiger partial charge in [0.1, 0.15) is 10.9 Å². The zero-order valence-corrected chi connectivity index (χ0v) is 18.0. The summed E-state index contributed by atoms with van der Waals surface area (Å²) in [6.07, 6.45) is 2.15. The number of hydrogen-bond acceptors (Lipinski definition) is 5. The van der Waals surface area contributed by atoms with Gasteiger partial charge in [0.2, 0.25) is 0 Å². The van der Waals surface area contributed by atoms with Gasteiger partial charge in [-0.15, -0.1) is 11.8 Å². The topological polar surface area (TPSA) is 76.5 Å². The molecular formula is C22H29NO4S. The molecule has 0 saturated heterocycles. The van der Waals surface area contributed by atoms with Crippen LogP contribution in [0.4, 0.5) is 0 Å².